The first kappa shape index (κ1) is 6.64. The van der Waals surface area contributed by atoms with Crippen LogP contribution in [0.3, 0.4) is 0 Å². The van der Waals surface area contributed by atoms with E-state index < -0.39 is 0 Å². The van der Waals surface area contributed by atoms with Gasteiger partial charge in [0.05, 0.1) is 0 Å². The molecule has 2 saturated heterocycles. The first-order valence-electron chi connectivity index (χ1n) is 3.44. The van der Waals surface area contributed by atoms with E-state index in [9.17, 15) is 4.79 Å². The summed E-state index contributed by atoms with van der Waals surface area (Å²) in [5.74, 6) is 0.319. The summed E-state index contributed by atoms with van der Waals surface area (Å²) in [6, 6.07) is 0.563. The normalized spacial score (nSPS) is 34.5. The van der Waals surface area contributed by atoms with Crippen molar-refractivity contribution < 1.29 is 4.79 Å². The lowest BCUT2D eigenvalue weighted by Crippen LogP contribution is -2.42. The van der Waals surface area contributed by atoms with Crippen LogP contribution in [0.1, 0.15) is 19.3 Å². The van der Waals surface area contributed by atoms with Crippen LogP contribution in [-0.2, 0) is 4.79 Å². The van der Waals surface area contributed by atoms with Crippen LogP contribution < -0.4 is 0 Å². The number of hydrogen-bond acceptors (Lipinski definition) is 1. The van der Waals surface area contributed by atoms with Gasteiger partial charge in [0, 0.05) is 24.6 Å². The van der Waals surface area contributed by atoms with Crippen LogP contribution in [-0.4, -0.2) is 16.8 Å². The molecule has 0 saturated carbocycles. The van der Waals surface area contributed by atoms with E-state index in [0.29, 0.717) is 11.9 Å². The Morgan fingerprint density at radius 2 is 2.50 bits per heavy atom. The average molecular weight is 249 g/mol. The zero-order valence-corrected chi connectivity index (χ0v) is 7.67. The van der Waals surface area contributed by atoms with Crippen LogP contribution in [0.25, 0.3) is 0 Å². The van der Waals surface area contributed by atoms with Crippen molar-refractivity contribution in [1.29, 1.82) is 0 Å². The largest absolute Gasteiger partial charge is 0.312 e. The predicted octanol–water partition coefficient (Wildman–Crippen LogP) is 1.66. The molecule has 1 atom stereocenters. The number of halogens is 1. The van der Waals surface area contributed by atoms with Crippen molar-refractivity contribution in [3.05, 3.63) is 9.78 Å². The zero-order valence-electron chi connectivity index (χ0n) is 5.51. The molecule has 54 valence electrons. The van der Waals surface area contributed by atoms with Gasteiger partial charge in [0.25, 0.3) is 0 Å². The first-order valence-corrected chi connectivity index (χ1v) is 4.69. The van der Waals surface area contributed by atoms with E-state index >= 15 is 0 Å². The van der Waals surface area contributed by atoms with Crippen LogP contribution in [0.5, 0.6) is 0 Å². The number of nitrogens with zero attached hydrogens (tertiary/aromatic N) is 1. The maximum absolute atomic E-state index is 11.1. The molecule has 2 fully saturated rings. The second kappa shape index (κ2) is 2.22. The lowest BCUT2D eigenvalue weighted by atomic mass is 10.0. The van der Waals surface area contributed by atoms with Gasteiger partial charge in [-0.05, 0) is 10.5 Å². The molecular formula is C7H8INO. The lowest BCUT2D eigenvalue weighted by molar-refractivity contribution is -0.129. The molecular weight excluding hydrogens is 241 g/mol. The van der Waals surface area contributed by atoms with Crippen molar-refractivity contribution in [2.45, 2.75) is 25.3 Å². The Labute approximate surface area is 73.4 Å². The van der Waals surface area contributed by atoms with E-state index in [4.69, 9.17) is 0 Å². The molecule has 1 amide bonds. The molecule has 2 nitrogen and oxygen atoms in total. The Bertz CT molecular complexity index is 212. The van der Waals surface area contributed by atoms with Gasteiger partial charge < -0.3 is 4.90 Å². The number of carbonyl (C=O) groups is 1. The number of carbonyl (C=O) groups excluding carboxylic acids is 1. The van der Waals surface area contributed by atoms with Gasteiger partial charge in [-0.25, -0.2) is 0 Å². The summed E-state index contributed by atoms with van der Waals surface area (Å²) >= 11 is 2.20. The molecule has 0 spiro atoms. The van der Waals surface area contributed by atoms with Gasteiger partial charge in [-0.15, -0.1) is 0 Å². The highest BCUT2D eigenvalue weighted by Gasteiger charge is 2.41. The number of amides is 1. The third-order valence-corrected chi connectivity index (χ3v) is 2.92. The third-order valence-electron chi connectivity index (χ3n) is 2.21. The van der Waals surface area contributed by atoms with Crippen molar-refractivity contribution in [3.63, 3.8) is 0 Å². The summed E-state index contributed by atoms with van der Waals surface area (Å²) in [4.78, 5) is 13.0. The molecule has 0 aromatic carbocycles. The van der Waals surface area contributed by atoms with E-state index in [2.05, 4.69) is 22.6 Å². The molecule has 0 aliphatic carbocycles. The Morgan fingerprint density at radius 1 is 1.70 bits per heavy atom. The summed E-state index contributed by atoms with van der Waals surface area (Å²) in [6.07, 6.45) is 2.96. The van der Waals surface area contributed by atoms with Gasteiger partial charge in [0.2, 0.25) is 5.91 Å². The van der Waals surface area contributed by atoms with Crippen LogP contribution in [0, 0.1) is 0 Å². The Balaban J connectivity index is 2.20. The number of rotatable bonds is 0. The minimum absolute atomic E-state index is 0.319. The van der Waals surface area contributed by atoms with Gasteiger partial charge in [0.15, 0.2) is 0 Å². The minimum Gasteiger partial charge on any atom is -0.312 e. The molecule has 0 radical (unpaired) electrons. The summed E-state index contributed by atoms with van der Waals surface area (Å²) in [5.41, 5.74) is 1.22. The van der Waals surface area contributed by atoms with Gasteiger partial charge in [-0.3, -0.25) is 4.79 Å². The fraction of sp³-hybridized carbons (Fsp3) is 0.571. The molecule has 2 aliphatic rings. The SMILES string of the molecule is O=C1CCC2C/C(=C\I)N12. The molecule has 3 heteroatoms. The van der Waals surface area contributed by atoms with Crippen LogP contribution in [0.15, 0.2) is 9.78 Å². The van der Waals surface area contributed by atoms with Gasteiger partial charge in [-0.2, -0.15) is 0 Å². The van der Waals surface area contributed by atoms with E-state index in [1.165, 1.54) is 5.70 Å². The van der Waals surface area contributed by atoms with Crippen LogP contribution in [0.4, 0.5) is 0 Å². The smallest absolute Gasteiger partial charge is 0.227 e. The van der Waals surface area contributed by atoms with Crippen molar-refractivity contribution in [2.75, 3.05) is 0 Å². The summed E-state index contributed by atoms with van der Waals surface area (Å²) < 4.78 is 2.01. The Morgan fingerprint density at radius 3 is 3.10 bits per heavy atom. The highest BCUT2D eigenvalue weighted by Crippen LogP contribution is 2.38. The van der Waals surface area contributed by atoms with Crippen LogP contribution in [0.2, 0.25) is 0 Å². The number of hydrogen-bond donors (Lipinski definition) is 0. The van der Waals surface area contributed by atoms with Crippen molar-refractivity contribution in [3.8, 4) is 0 Å². The first-order chi connectivity index (χ1) is 4.83. The zero-order chi connectivity index (χ0) is 7.14. The Kier molecular flexibility index (Phi) is 1.47. The quantitative estimate of drug-likeness (QED) is 0.598. The lowest BCUT2D eigenvalue weighted by Gasteiger charge is -2.37. The molecule has 10 heavy (non-hydrogen) atoms. The fourth-order valence-electron chi connectivity index (χ4n) is 1.66. The molecule has 0 aromatic heterocycles. The maximum Gasteiger partial charge on any atom is 0.227 e. The second-order valence-corrected chi connectivity index (χ2v) is 3.38. The standard InChI is InChI=1S/C7H8INO/c8-4-6-3-5-1-2-7(10)9(5)6/h4-5H,1-3H2/b6-4+. The predicted molar refractivity (Wildman–Crippen MR) is 46.6 cm³/mol. The summed E-state index contributed by atoms with van der Waals surface area (Å²) in [7, 11) is 0. The van der Waals surface area contributed by atoms with E-state index in [-0.39, 0.29) is 0 Å². The minimum atomic E-state index is 0.319. The van der Waals surface area contributed by atoms with Crippen molar-refractivity contribution in [1.82, 2.24) is 4.90 Å². The monoisotopic (exact) mass is 249 g/mol. The highest BCUT2D eigenvalue weighted by atomic mass is 127. The maximum atomic E-state index is 11.1. The van der Waals surface area contributed by atoms with Crippen molar-refractivity contribution >= 4 is 28.5 Å². The summed E-state index contributed by atoms with van der Waals surface area (Å²) in [5, 5.41) is 0. The van der Waals surface area contributed by atoms with Gasteiger partial charge in [0.1, 0.15) is 0 Å². The molecule has 2 heterocycles. The van der Waals surface area contributed by atoms with Gasteiger partial charge >= 0.3 is 0 Å². The van der Waals surface area contributed by atoms with Crippen molar-refractivity contribution in [2.24, 2.45) is 0 Å². The molecule has 2 aliphatic heterocycles. The second-order valence-electron chi connectivity index (χ2n) is 2.76. The molecule has 0 N–H and O–H groups in total. The average Bonchev–Trinajstić information content (AvgIpc) is 2.09. The molecule has 0 bridgehead atoms. The third kappa shape index (κ3) is 0.727. The molecule has 1 unspecified atom stereocenters. The van der Waals surface area contributed by atoms with Crippen LogP contribution >= 0.6 is 22.6 Å². The highest BCUT2D eigenvalue weighted by molar-refractivity contribution is 14.1. The Hall–Kier alpha value is -0.0600. The summed E-state index contributed by atoms with van der Waals surface area (Å²) in [6.45, 7) is 0. The van der Waals surface area contributed by atoms with E-state index in [1.807, 2.05) is 8.98 Å². The van der Waals surface area contributed by atoms with Gasteiger partial charge in [-0.1, -0.05) is 22.6 Å². The molecule has 2 rings (SSSR count). The molecule has 0 aromatic rings. The fourth-order valence-corrected chi connectivity index (χ4v) is 2.21. The number of fused-ring (bicyclic) bond motifs is 1. The topological polar surface area (TPSA) is 20.3 Å². The van der Waals surface area contributed by atoms with E-state index in [1.54, 1.807) is 0 Å². The van der Waals surface area contributed by atoms with E-state index in [0.717, 1.165) is 19.3 Å².